The largest absolute Gasteiger partial charge is 0.401 e. The van der Waals surface area contributed by atoms with E-state index in [1.54, 1.807) is 7.05 Å². The zero-order valence-electron chi connectivity index (χ0n) is 11.1. The van der Waals surface area contributed by atoms with Crippen LogP contribution in [0.2, 0.25) is 0 Å². The van der Waals surface area contributed by atoms with E-state index in [1.807, 2.05) is 0 Å². The number of ether oxygens (including phenoxy) is 3. The zero-order chi connectivity index (χ0) is 14.2. The summed E-state index contributed by atoms with van der Waals surface area (Å²) in [6.45, 7) is -0.568. The van der Waals surface area contributed by atoms with E-state index in [0.29, 0.717) is 6.54 Å². The summed E-state index contributed by atoms with van der Waals surface area (Å²) in [6.07, 6.45) is -4.28. The molecule has 0 aromatic carbocycles. The normalized spacial score (nSPS) is 13.3. The van der Waals surface area contributed by atoms with Crippen LogP contribution in [0, 0.1) is 0 Å². The lowest BCUT2D eigenvalue weighted by molar-refractivity contribution is -0.358. The van der Waals surface area contributed by atoms with Gasteiger partial charge in [0.05, 0.1) is 13.1 Å². The fourth-order valence-corrected chi connectivity index (χ4v) is 1.45. The SMILES string of the molecule is CNCCN(CC(F)(F)F)CC(OC)(OC)OC. The van der Waals surface area contributed by atoms with E-state index in [1.165, 1.54) is 21.3 Å². The molecule has 0 aliphatic rings. The van der Waals surface area contributed by atoms with Gasteiger partial charge in [-0.2, -0.15) is 13.2 Å². The van der Waals surface area contributed by atoms with Gasteiger partial charge in [0.2, 0.25) is 0 Å². The molecule has 0 aliphatic carbocycles. The highest BCUT2D eigenvalue weighted by Crippen LogP contribution is 2.20. The minimum absolute atomic E-state index is 0.141. The summed E-state index contributed by atoms with van der Waals surface area (Å²) in [7, 11) is 5.62. The molecular weight excluding hydrogens is 253 g/mol. The molecule has 0 aromatic heterocycles. The van der Waals surface area contributed by atoms with Crippen molar-refractivity contribution in [1.82, 2.24) is 10.2 Å². The lowest BCUT2D eigenvalue weighted by atomic mass is 10.4. The fraction of sp³-hybridized carbons (Fsp3) is 1.00. The molecule has 0 fully saturated rings. The van der Waals surface area contributed by atoms with E-state index in [4.69, 9.17) is 14.2 Å². The lowest BCUT2D eigenvalue weighted by Crippen LogP contribution is -2.51. The summed E-state index contributed by atoms with van der Waals surface area (Å²) in [4.78, 5) is 1.16. The highest BCUT2D eigenvalue weighted by Gasteiger charge is 2.37. The van der Waals surface area contributed by atoms with Crippen molar-refractivity contribution in [1.29, 1.82) is 0 Å². The maximum absolute atomic E-state index is 12.4. The molecule has 0 saturated heterocycles. The van der Waals surface area contributed by atoms with Crippen molar-refractivity contribution in [3.8, 4) is 0 Å². The van der Waals surface area contributed by atoms with Crippen molar-refractivity contribution in [2.24, 2.45) is 0 Å². The number of hydrogen-bond donors (Lipinski definition) is 1. The van der Waals surface area contributed by atoms with Crippen molar-refractivity contribution in [2.45, 2.75) is 12.1 Å². The van der Waals surface area contributed by atoms with Crippen molar-refractivity contribution in [3.05, 3.63) is 0 Å². The van der Waals surface area contributed by atoms with Crippen LogP contribution in [0.15, 0.2) is 0 Å². The van der Waals surface area contributed by atoms with Crippen LogP contribution in [0.4, 0.5) is 13.2 Å². The Labute approximate surface area is 105 Å². The van der Waals surface area contributed by atoms with E-state index in [0.717, 1.165) is 4.90 Å². The topological polar surface area (TPSA) is 43.0 Å². The maximum atomic E-state index is 12.4. The molecule has 0 spiro atoms. The Bertz CT molecular complexity index is 215. The standard InChI is InChI=1S/C10H21F3N2O3/c1-14-5-6-15(7-9(11,12)13)8-10(16-2,17-3)18-4/h14H,5-8H2,1-4H3. The van der Waals surface area contributed by atoms with E-state index < -0.39 is 18.7 Å². The summed E-state index contributed by atoms with van der Waals surface area (Å²) in [5.41, 5.74) is 0. The highest BCUT2D eigenvalue weighted by atomic mass is 19.4. The summed E-state index contributed by atoms with van der Waals surface area (Å²) < 4.78 is 52.3. The van der Waals surface area contributed by atoms with Gasteiger partial charge in [-0.3, -0.25) is 4.90 Å². The average molecular weight is 274 g/mol. The zero-order valence-corrected chi connectivity index (χ0v) is 11.1. The van der Waals surface area contributed by atoms with Crippen LogP contribution in [0.1, 0.15) is 0 Å². The predicted molar refractivity (Wildman–Crippen MR) is 60.2 cm³/mol. The van der Waals surface area contributed by atoms with Gasteiger partial charge in [-0.25, -0.2) is 0 Å². The van der Waals surface area contributed by atoms with Gasteiger partial charge in [0, 0.05) is 34.4 Å². The van der Waals surface area contributed by atoms with Gasteiger partial charge in [0.25, 0.3) is 5.97 Å². The smallest absolute Gasteiger partial charge is 0.330 e. The van der Waals surface area contributed by atoms with Gasteiger partial charge in [-0.1, -0.05) is 0 Å². The molecule has 0 unspecified atom stereocenters. The molecule has 18 heavy (non-hydrogen) atoms. The second kappa shape index (κ2) is 7.90. The first kappa shape index (κ1) is 17.6. The molecule has 0 amide bonds. The molecule has 0 heterocycles. The maximum Gasteiger partial charge on any atom is 0.401 e. The number of nitrogens with zero attached hydrogens (tertiary/aromatic N) is 1. The summed E-state index contributed by atoms with van der Waals surface area (Å²) in [6, 6.07) is 0. The van der Waals surface area contributed by atoms with Crippen LogP contribution < -0.4 is 5.32 Å². The van der Waals surface area contributed by atoms with Crippen LogP contribution >= 0.6 is 0 Å². The monoisotopic (exact) mass is 274 g/mol. The number of likely N-dealkylation sites (N-methyl/N-ethyl adjacent to an activating group) is 1. The molecule has 0 atom stereocenters. The third-order valence-corrected chi connectivity index (χ3v) is 2.43. The van der Waals surface area contributed by atoms with Gasteiger partial charge in [-0.05, 0) is 7.05 Å². The molecule has 0 bridgehead atoms. The first-order valence-corrected chi connectivity index (χ1v) is 5.41. The molecule has 0 rings (SSSR count). The summed E-state index contributed by atoms with van der Waals surface area (Å²) in [5, 5.41) is 2.79. The number of hydrogen-bond acceptors (Lipinski definition) is 5. The fourth-order valence-electron chi connectivity index (χ4n) is 1.45. The minimum Gasteiger partial charge on any atom is -0.330 e. The molecule has 8 heteroatoms. The summed E-state index contributed by atoms with van der Waals surface area (Å²) >= 11 is 0. The molecular formula is C10H21F3N2O3. The molecule has 0 aromatic rings. The van der Waals surface area contributed by atoms with Gasteiger partial charge >= 0.3 is 6.18 Å². The quantitative estimate of drug-likeness (QED) is 0.626. The Morgan fingerprint density at radius 3 is 1.83 bits per heavy atom. The first-order chi connectivity index (χ1) is 8.32. The summed E-state index contributed by atoms with van der Waals surface area (Å²) in [5.74, 6) is -1.49. The first-order valence-electron chi connectivity index (χ1n) is 5.41. The van der Waals surface area contributed by atoms with Crippen LogP contribution in [0.3, 0.4) is 0 Å². The molecule has 0 saturated carbocycles. The Morgan fingerprint density at radius 2 is 1.50 bits per heavy atom. The lowest BCUT2D eigenvalue weighted by Gasteiger charge is -2.34. The van der Waals surface area contributed by atoms with Gasteiger partial charge < -0.3 is 19.5 Å². The number of methoxy groups -OCH3 is 3. The minimum atomic E-state index is -4.28. The third-order valence-electron chi connectivity index (χ3n) is 2.43. The second-order valence-electron chi connectivity index (χ2n) is 3.72. The van der Waals surface area contributed by atoms with E-state index >= 15 is 0 Å². The van der Waals surface area contributed by atoms with E-state index in [2.05, 4.69) is 5.32 Å². The molecule has 5 nitrogen and oxygen atoms in total. The Morgan fingerprint density at radius 1 is 1.00 bits per heavy atom. The predicted octanol–water partition coefficient (Wildman–Crippen LogP) is 0.663. The van der Waals surface area contributed by atoms with Crippen LogP contribution in [-0.4, -0.2) is 71.6 Å². The molecule has 1 N–H and O–H groups in total. The number of rotatable bonds is 9. The van der Waals surface area contributed by atoms with Gasteiger partial charge in [-0.15, -0.1) is 0 Å². The average Bonchev–Trinajstić information content (AvgIpc) is 2.31. The van der Waals surface area contributed by atoms with E-state index in [9.17, 15) is 13.2 Å². The molecule has 0 aliphatic heterocycles. The number of nitrogens with one attached hydrogen (secondary N) is 1. The third kappa shape index (κ3) is 6.50. The number of alkyl halides is 3. The molecule has 110 valence electrons. The number of halogens is 3. The van der Waals surface area contributed by atoms with Crippen molar-refractivity contribution in [2.75, 3.05) is 54.6 Å². The van der Waals surface area contributed by atoms with Crippen LogP contribution in [0.25, 0.3) is 0 Å². The van der Waals surface area contributed by atoms with Gasteiger partial charge in [0.1, 0.15) is 0 Å². The van der Waals surface area contributed by atoms with Crippen LogP contribution in [-0.2, 0) is 14.2 Å². The Kier molecular flexibility index (Phi) is 7.72. The van der Waals surface area contributed by atoms with Crippen molar-refractivity contribution in [3.63, 3.8) is 0 Å². The van der Waals surface area contributed by atoms with Crippen molar-refractivity contribution < 1.29 is 27.4 Å². The van der Waals surface area contributed by atoms with E-state index in [-0.39, 0.29) is 13.1 Å². The Hall–Kier alpha value is -0.410. The Balaban J connectivity index is 4.64. The highest BCUT2D eigenvalue weighted by molar-refractivity contribution is 4.70. The van der Waals surface area contributed by atoms with Gasteiger partial charge in [0.15, 0.2) is 0 Å². The van der Waals surface area contributed by atoms with Crippen molar-refractivity contribution >= 4 is 0 Å². The molecule has 0 radical (unpaired) electrons. The second-order valence-corrected chi connectivity index (χ2v) is 3.72. The van der Waals surface area contributed by atoms with Crippen LogP contribution in [0.5, 0.6) is 0 Å².